The van der Waals surface area contributed by atoms with E-state index in [0.29, 0.717) is 6.42 Å². The molecule has 1 N–H and O–H groups in total. The fourth-order valence-corrected chi connectivity index (χ4v) is 1.03. The monoisotopic (exact) mass is 209 g/mol. The van der Waals surface area contributed by atoms with Gasteiger partial charge in [0.05, 0.1) is 24.3 Å². The molecule has 1 rings (SSSR count). The second-order valence-electron chi connectivity index (χ2n) is 3.24. The summed E-state index contributed by atoms with van der Waals surface area (Å²) in [5.74, 6) is -0.450. The molecule has 80 valence electrons. The van der Waals surface area contributed by atoms with Gasteiger partial charge in [-0.25, -0.2) is 4.39 Å². The lowest BCUT2D eigenvalue weighted by Crippen LogP contribution is -2.08. The Morgan fingerprint density at radius 2 is 2.33 bits per heavy atom. The van der Waals surface area contributed by atoms with Crippen LogP contribution in [-0.4, -0.2) is 17.8 Å². The second kappa shape index (κ2) is 5.32. The molecule has 0 aliphatic heterocycles. The first-order chi connectivity index (χ1) is 7.13. The van der Waals surface area contributed by atoms with Crippen molar-refractivity contribution in [2.45, 2.75) is 19.4 Å². The summed E-state index contributed by atoms with van der Waals surface area (Å²) in [6, 6.07) is 5.86. The average Bonchev–Trinajstić information content (AvgIpc) is 2.20. The molecule has 3 nitrogen and oxygen atoms in total. The molecule has 1 atom stereocenters. The summed E-state index contributed by atoms with van der Waals surface area (Å²) in [5.41, 5.74) is 0.260. The molecule has 0 fully saturated rings. The highest BCUT2D eigenvalue weighted by Crippen LogP contribution is 2.18. The molecular formula is C11H12FNO2. The highest BCUT2D eigenvalue weighted by Gasteiger charge is 2.05. The Hall–Kier alpha value is -1.60. The third-order valence-electron chi connectivity index (χ3n) is 1.85. The number of benzene rings is 1. The molecule has 0 saturated heterocycles. The van der Waals surface area contributed by atoms with Crippen LogP contribution in [0.5, 0.6) is 5.75 Å². The Labute approximate surface area is 87.7 Å². The summed E-state index contributed by atoms with van der Waals surface area (Å²) in [7, 11) is 0. The number of nitriles is 1. The molecule has 0 radical (unpaired) electrons. The van der Waals surface area contributed by atoms with E-state index in [1.807, 2.05) is 6.07 Å². The molecule has 1 aromatic rings. The van der Waals surface area contributed by atoms with Gasteiger partial charge < -0.3 is 9.84 Å². The van der Waals surface area contributed by atoms with Crippen LogP contribution in [-0.2, 0) is 0 Å². The first-order valence-corrected chi connectivity index (χ1v) is 4.64. The number of aliphatic hydroxyl groups is 1. The van der Waals surface area contributed by atoms with Crippen LogP contribution in [0.4, 0.5) is 4.39 Å². The van der Waals surface area contributed by atoms with Crippen molar-refractivity contribution in [3.05, 3.63) is 29.6 Å². The van der Waals surface area contributed by atoms with E-state index in [9.17, 15) is 4.39 Å². The van der Waals surface area contributed by atoms with Crippen molar-refractivity contribution in [3.63, 3.8) is 0 Å². The minimum absolute atomic E-state index is 0.106. The first-order valence-electron chi connectivity index (χ1n) is 4.64. The zero-order valence-electron chi connectivity index (χ0n) is 8.40. The van der Waals surface area contributed by atoms with Crippen molar-refractivity contribution < 1.29 is 14.2 Å². The molecule has 4 heteroatoms. The van der Waals surface area contributed by atoms with Crippen molar-refractivity contribution in [3.8, 4) is 11.8 Å². The van der Waals surface area contributed by atoms with Gasteiger partial charge in [-0.15, -0.1) is 0 Å². The van der Waals surface area contributed by atoms with Crippen LogP contribution in [0, 0.1) is 17.1 Å². The van der Waals surface area contributed by atoms with E-state index < -0.39 is 11.9 Å². The molecule has 0 aliphatic rings. The summed E-state index contributed by atoms with van der Waals surface area (Å²) in [5, 5.41) is 17.5. The normalized spacial score (nSPS) is 11.9. The molecule has 1 unspecified atom stereocenters. The zero-order chi connectivity index (χ0) is 11.3. The standard InChI is InChI=1S/C11H12FNO2/c1-8(14)4-5-15-11-3-2-9(7-13)6-10(11)12/h2-3,6,8,14H,4-5H2,1H3. The maximum atomic E-state index is 13.2. The van der Waals surface area contributed by atoms with Crippen LogP contribution in [0.3, 0.4) is 0 Å². The minimum atomic E-state index is -0.556. The zero-order valence-corrected chi connectivity index (χ0v) is 8.40. The highest BCUT2D eigenvalue weighted by molar-refractivity contribution is 5.35. The lowest BCUT2D eigenvalue weighted by atomic mass is 10.2. The van der Waals surface area contributed by atoms with Gasteiger partial charge in [0.15, 0.2) is 11.6 Å². The molecule has 0 amide bonds. The Bertz CT molecular complexity index is 371. The van der Waals surface area contributed by atoms with E-state index in [4.69, 9.17) is 15.1 Å². The van der Waals surface area contributed by atoms with Crippen LogP contribution in [0.1, 0.15) is 18.9 Å². The Morgan fingerprint density at radius 3 is 2.87 bits per heavy atom. The van der Waals surface area contributed by atoms with E-state index in [1.54, 1.807) is 6.92 Å². The predicted octanol–water partition coefficient (Wildman–Crippen LogP) is 1.85. The quantitative estimate of drug-likeness (QED) is 0.823. The van der Waals surface area contributed by atoms with Crippen LogP contribution in [0.25, 0.3) is 0 Å². The lowest BCUT2D eigenvalue weighted by Gasteiger charge is -2.08. The van der Waals surface area contributed by atoms with Crippen molar-refractivity contribution in [1.82, 2.24) is 0 Å². The van der Waals surface area contributed by atoms with E-state index in [2.05, 4.69) is 0 Å². The van der Waals surface area contributed by atoms with Gasteiger partial charge >= 0.3 is 0 Å². The summed E-state index contributed by atoms with van der Waals surface area (Å²) < 4.78 is 18.3. The number of rotatable bonds is 4. The molecular weight excluding hydrogens is 197 g/mol. The van der Waals surface area contributed by atoms with Crippen molar-refractivity contribution in [2.24, 2.45) is 0 Å². The topological polar surface area (TPSA) is 53.2 Å². The van der Waals surface area contributed by atoms with E-state index >= 15 is 0 Å². The largest absolute Gasteiger partial charge is 0.490 e. The number of nitrogens with zero attached hydrogens (tertiary/aromatic N) is 1. The maximum Gasteiger partial charge on any atom is 0.166 e. The van der Waals surface area contributed by atoms with E-state index in [-0.39, 0.29) is 17.9 Å². The maximum absolute atomic E-state index is 13.2. The lowest BCUT2D eigenvalue weighted by molar-refractivity contribution is 0.154. The van der Waals surface area contributed by atoms with E-state index in [0.717, 1.165) is 6.07 Å². The summed E-state index contributed by atoms with van der Waals surface area (Å²) >= 11 is 0. The van der Waals surface area contributed by atoms with Crippen molar-refractivity contribution in [2.75, 3.05) is 6.61 Å². The number of hydrogen-bond acceptors (Lipinski definition) is 3. The highest BCUT2D eigenvalue weighted by atomic mass is 19.1. The second-order valence-corrected chi connectivity index (χ2v) is 3.24. The Balaban J connectivity index is 2.59. The fourth-order valence-electron chi connectivity index (χ4n) is 1.03. The van der Waals surface area contributed by atoms with Crippen LogP contribution < -0.4 is 4.74 Å². The Kier molecular flexibility index (Phi) is 4.07. The number of aliphatic hydroxyl groups excluding tert-OH is 1. The smallest absolute Gasteiger partial charge is 0.166 e. The summed E-state index contributed by atoms with van der Waals surface area (Å²) in [6.07, 6.45) is -0.0224. The van der Waals surface area contributed by atoms with Crippen molar-refractivity contribution >= 4 is 0 Å². The van der Waals surface area contributed by atoms with Gasteiger partial charge in [-0.05, 0) is 25.1 Å². The molecule has 1 aromatic carbocycles. The third kappa shape index (κ3) is 3.56. The summed E-state index contributed by atoms with van der Waals surface area (Å²) in [4.78, 5) is 0. The van der Waals surface area contributed by atoms with Gasteiger partial charge in [0.2, 0.25) is 0 Å². The SMILES string of the molecule is CC(O)CCOc1ccc(C#N)cc1F. The average molecular weight is 209 g/mol. The Morgan fingerprint density at radius 1 is 1.60 bits per heavy atom. The molecule has 0 aromatic heterocycles. The van der Waals surface area contributed by atoms with Crippen LogP contribution >= 0.6 is 0 Å². The van der Waals surface area contributed by atoms with Gasteiger partial charge in [-0.1, -0.05) is 0 Å². The van der Waals surface area contributed by atoms with Gasteiger partial charge in [0.25, 0.3) is 0 Å². The van der Waals surface area contributed by atoms with Gasteiger partial charge in [0.1, 0.15) is 0 Å². The minimum Gasteiger partial charge on any atom is -0.490 e. The van der Waals surface area contributed by atoms with Crippen molar-refractivity contribution in [1.29, 1.82) is 5.26 Å². The molecule has 0 heterocycles. The van der Waals surface area contributed by atoms with Gasteiger partial charge in [-0.2, -0.15) is 5.26 Å². The number of hydrogen-bond donors (Lipinski definition) is 1. The molecule has 0 saturated carbocycles. The fraction of sp³-hybridized carbons (Fsp3) is 0.364. The first kappa shape index (κ1) is 11.5. The predicted molar refractivity (Wildman–Crippen MR) is 52.9 cm³/mol. The number of ether oxygens (including phenoxy) is 1. The van der Waals surface area contributed by atoms with Gasteiger partial charge in [-0.3, -0.25) is 0 Å². The molecule has 15 heavy (non-hydrogen) atoms. The number of halogens is 1. The van der Waals surface area contributed by atoms with E-state index in [1.165, 1.54) is 12.1 Å². The molecule has 0 aliphatic carbocycles. The molecule has 0 spiro atoms. The third-order valence-corrected chi connectivity index (χ3v) is 1.85. The van der Waals surface area contributed by atoms with Gasteiger partial charge in [0, 0.05) is 6.42 Å². The summed E-state index contributed by atoms with van der Waals surface area (Å²) in [6.45, 7) is 1.89. The molecule has 0 bridgehead atoms. The van der Waals surface area contributed by atoms with Crippen LogP contribution in [0.15, 0.2) is 18.2 Å². The van der Waals surface area contributed by atoms with Crippen LogP contribution in [0.2, 0.25) is 0 Å².